The number of ether oxygens (including phenoxy) is 1. The van der Waals surface area contributed by atoms with Crippen LogP contribution in [0.4, 0.5) is 5.13 Å². The predicted octanol–water partition coefficient (Wildman–Crippen LogP) is 2.58. The Morgan fingerprint density at radius 1 is 1.54 bits per heavy atom. The molecule has 3 nitrogen and oxygen atoms in total. The fraction of sp³-hybridized carbons (Fsp3) is 0.125. The molecule has 68 valence electrons. The van der Waals surface area contributed by atoms with Gasteiger partial charge in [0.1, 0.15) is 20.9 Å². The Morgan fingerprint density at radius 2 is 2.31 bits per heavy atom. The average molecular weight is 216 g/mol. The summed E-state index contributed by atoms with van der Waals surface area (Å²) in [5, 5.41) is 0.477. The zero-order valence-corrected chi connectivity index (χ0v) is 8.52. The Kier molecular flexibility index (Phi) is 2.01. The summed E-state index contributed by atoms with van der Waals surface area (Å²) >= 11 is 0. The molecule has 0 aliphatic rings. The highest BCUT2D eigenvalue weighted by molar-refractivity contribution is 7.68. The molecular formula is C8H8ClN2OS+. The van der Waals surface area contributed by atoms with Crippen LogP contribution in [0.25, 0.3) is 10.2 Å². The van der Waals surface area contributed by atoms with Gasteiger partial charge < -0.3 is 10.5 Å². The minimum atomic E-state index is -0.584. The van der Waals surface area contributed by atoms with Crippen molar-refractivity contribution in [2.45, 2.75) is 0 Å². The smallest absolute Gasteiger partial charge is 0.358 e. The van der Waals surface area contributed by atoms with Crippen molar-refractivity contribution in [1.29, 1.82) is 0 Å². The van der Waals surface area contributed by atoms with Gasteiger partial charge >= 0.3 is 5.13 Å². The molecule has 0 bridgehead atoms. The summed E-state index contributed by atoms with van der Waals surface area (Å²) in [6.45, 7) is 0. The van der Waals surface area contributed by atoms with E-state index in [1.807, 2.05) is 18.2 Å². The largest absolute Gasteiger partial charge is 0.497 e. The highest BCUT2D eigenvalue weighted by Crippen LogP contribution is 2.40. The number of hydrogen-bond acceptors (Lipinski definition) is 3. The van der Waals surface area contributed by atoms with Crippen LogP contribution in [0.2, 0.25) is 0 Å². The summed E-state index contributed by atoms with van der Waals surface area (Å²) in [5.74, 6) is 0.779. The third-order valence-corrected chi connectivity index (χ3v) is 3.92. The number of nitrogen functional groups attached to an aromatic ring is 1. The van der Waals surface area contributed by atoms with Gasteiger partial charge in [0.05, 0.1) is 7.11 Å². The van der Waals surface area contributed by atoms with Crippen molar-refractivity contribution in [3.8, 4) is 5.75 Å². The number of rotatable bonds is 1. The van der Waals surface area contributed by atoms with Gasteiger partial charge in [0.25, 0.3) is 0 Å². The van der Waals surface area contributed by atoms with Crippen molar-refractivity contribution >= 4 is 35.7 Å². The molecule has 0 aliphatic heterocycles. The van der Waals surface area contributed by atoms with Gasteiger partial charge in [-0.1, -0.05) is 0 Å². The molecule has 2 N–H and O–H groups in total. The Labute approximate surface area is 82.6 Å². The van der Waals surface area contributed by atoms with Gasteiger partial charge in [0.15, 0.2) is 0 Å². The van der Waals surface area contributed by atoms with E-state index in [-0.39, 0.29) is 0 Å². The summed E-state index contributed by atoms with van der Waals surface area (Å²) < 4.78 is 6.02. The molecule has 1 heterocycles. The van der Waals surface area contributed by atoms with E-state index in [1.165, 1.54) is 0 Å². The Hall–Kier alpha value is -1.00. The molecule has 13 heavy (non-hydrogen) atoms. The monoisotopic (exact) mass is 215 g/mol. The van der Waals surface area contributed by atoms with Crippen LogP contribution in [-0.4, -0.2) is 12.1 Å². The standard InChI is InChI=1S/C8H8ClN2OS/c1-12-5-2-3-6-7(4-5)13(9)8(10)11-6/h2-4H,1H3,(H2,10,11)/q+1. The number of nitrogens with zero attached hydrogens (tertiary/aromatic N) is 1. The van der Waals surface area contributed by atoms with Crippen molar-refractivity contribution < 1.29 is 4.74 Å². The van der Waals surface area contributed by atoms with Gasteiger partial charge in [0, 0.05) is 6.07 Å². The van der Waals surface area contributed by atoms with Crippen molar-refractivity contribution in [2.75, 3.05) is 12.8 Å². The first-order valence-corrected chi connectivity index (χ1v) is 5.70. The van der Waals surface area contributed by atoms with E-state index in [2.05, 4.69) is 4.98 Å². The maximum atomic E-state index is 6.04. The number of fused-ring (bicyclic) bond motifs is 1. The van der Waals surface area contributed by atoms with Crippen LogP contribution in [-0.2, 0) is 0 Å². The first-order valence-electron chi connectivity index (χ1n) is 3.65. The van der Waals surface area contributed by atoms with E-state index in [4.69, 9.17) is 21.2 Å². The van der Waals surface area contributed by atoms with Crippen molar-refractivity contribution in [2.24, 2.45) is 0 Å². The van der Waals surface area contributed by atoms with Crippen LogP contribution in [0.3, 0.4) is 0 Å². The topological polar surface area (TPSA) is 48.1 Å². The third kappa shape index (κ3) is 1.32. The molecule has 0 fully saturated rings. The molecule has 5 heteroatoms. The number of hydrogen-bond donors (Lipinski definition) is 1. The van der Waals surface area contributed by atoms with E-state index in [0.29, 0.717) is 5.13 Å². The number of halogens is 1. The van der Waals surface area contributed by atoms with E-state index in [9.17, 15) is 0 Å². The lowest BCUT2D eigenvalue weighted by Gasteiger charge is -1.94. The molecule has 1 aromatic carbocycles. The molecule has 1 unspecified atom stereocenters. The van der Waals surface area contributed by atoms with Crippen molar-refractivity contribution in [1.82, 2.24) is 4.98 Å². The van der Waals surface area contributed by atoms with Gasteiger partial charge in [-0.25, -0.2) is 0 Å². The second-order valence-electron chi connectivity index (χ2n) is 2.54. The Morgan fingerprint density at radius 3 is 3.00 bits per heavy atom. The van der Waals surface area contributed by atoms with Gasteiger partial charge in [-0.2, -0.15) is 4.98 Å². The van der Waals surface area contributed by atoms with Crippen LogP contribution in [0, 0.1) is 0 Å². The highest BCUT2D eigenvalue weighted by Gasteiger charge is 2.19. The lowest BCUT2D eigenvalue weighted by Crippen LogP contribution is -1.81. The second-order valence-corrected chi connectivity index (χ2v) is 4.84. The third-order valence-electron chi connectivity index (χ3n) is 1.77. The molecule has 0 saturated heterocycles. The molecule has 0 amide bonds. The number of nitrogens with two attached hydrogens (primary N) is 1. The molecule has 0 aliphatic carbocycles. The van der Waals surface area contributed by atoms with Crippen LogP contribution in [0.5, 0.6) is 5.75 Å². The van der Waals surface area contributed by atoms with Gasteiger partial charge in [-0.05, 0) is 12.1 Å². The van der Waals surface area contributed by atoms with E-state index in [1.54, 1.807) is 7.11 Å². The maximum Gasteiger partial charge on any atom is 0.358 e. The minimum Gasteiger partial charge on any atom is -0.497 e. The molecule has 0 saturated carbocycles. The fourth-order valence-electron chi connectivity index (χ4n) is 1.13. The van der Waals surface area contributed by atoms with Crippen LogP contribution < -0.4 is 10.5 Å². The number of aromatic nitrogens is 1. The molecule has 2 rings (SSSR count). The second kappa shape index (κ2) is 3.05. The van der Waals surface area contributed by atoms with Crippen molar-refractivity contribution in [3.05, 3.63) is 18.2 Å². The fourth-order valence-corrected chi connectivity index (χ4v) is 2.52. The maximum absolute atomic E-state index is 6.04. The summed E-state index contributed by atoms with van der Waals surface area (Å²) in [6, 6.07) is 5.57. The van der Waals surface area contributed by atoms with Crippen LogP contribution in [0.15, 0.2) is 18.2 Å². The first kappa shape index (κ1) is 8.59. The highest BCUT2D eigenvalue weighted by atomic mass is 35.7. The molecule has 1 atom stereocenters. The number of benzene rings is 1. The Balaban J connectivity index is 2.75. The minimum absolute atomic E-state index is 0.477. The van der Waals surface area contributed by atoms with Gasteiger partial charge in [-0.15, -0.1) is 0 Å². The van der Waals surface area contributed by atoms with Gasteiger partial charge in [-0.3, -0.25) is 0 Å². The molecular weight excluding hydrogens is 208 g/mol. The summed E-state index contributed by atoms with van der Waals surface area (Å²) in [7, 11) is 7.07. The van der Waals surface area contributed by atoms with E-state index < -0.39 is 9.68 Å². The van der Waals surface area contributed by atoms with Crippen LogP contribution >= 0.6 is 20.4 Å². The number of anilines is 1. The SMILES string of the molecule is COc1ccc2nc(N)[s+](Cl)c2c1. The lowest BCUT2D eigenvalue weighted by atomic mass is 10.3. The molecule has 0 spiro atoms. The summed E-state index contributed by atoms with van der Waals surface area (Å²) in [6.07, 6.45) is 0. The lowest BCUT2D eigenvalue weighted by molar-refractivity contribution is 0.415. The summed E-state index contributed by atoms with van der Waals surface area (Å²) in [4.78, 5) is 4.13. The summed E-state index contributed by atoms with van der Waals surface area (Å²) in [5.41, 5.74) is 6.45. The number of methoxy groups -OCH3 is 1. The average Bonchev–Trinajstić information content (AvgIpc) is 2.43. The van der Waals surface area contributed by atoms with E-state index in [0.717, 1.165) is 16.0 Å². The first-order chi connectivity index (χ1) is 6.22. The van der Waals surface area contributed by atoms with Crippen LogP contribution in [0.1, 0.15) is 0 Å². The Bertz CT molecular complexity index is 455. The molecule has 2 aromatic rings. The van der Waals surface area contributed by atoms with E-state index >= 15 is 0 Å². The zero-order valence-electron chi connectivity index (χ0n) is 6.95. The van der Waals surface area contributed by atoms with Crippen molar-refractivity contribution in [3.63, 3.8) is 0 Å². The zero-order chi connectivity index (χ0) is 9.42. The number of thiazole rings is 1. The van der Waals surface area contributed by atoms with Gasteiger partial charge in [0.2, 0.25) is 15.4 Å². The molecule has 0 radical (unpaired) electrons. The normalized spacial score (nSPS) is 12.0. The predicted molar refractivity (Wildman–Crippen MR) is 56.4 cm³/mol. The quantitative estimate of drug-likeness (QED) is 0.744. The molecule has 1 aromatic heterocycles.